The van der Waals surface area contributed by atoms with Crippen LogP contribution in [0.15, 0.2) is 59.4 Å². The molecule has 30 heavy (non-hydrogen) atoms. The number of aromatic amines is 1. The fourth-order valence-electron chi connectivity index (χ4n) is 3.93. The number of carbonyl (C=O) groups is 2. The van der Waals surface area contributed by atoms with Gasteiger partial charge in [0.1, 0.15) is 12.3 Å². The van der Waals surface area contributed by atoms with E-state index in [2.05, 4.69) is 10.3 Å². The van der Waals surface area contributed by atoms with Gasteiger partial charge in [0.25, 0.3) is 5.56 Å². The molecule has 0 bridgehead atoms. The Morgan fingerprint density at radius 3 is 2.27 bits per heavy atom. The van der Waals surface area contributed by atoms with Gasteiger partial charge in [-0.05, 0) is 40.8 Å². The molecule has 0 saturated heterocycles. The number of carboxylic acids is 1. The molecule has 152 valence electrons. The molecule has 3 N–H and O–H groups in total. The van der Waals surface area contributed by atoms with Gasteiger partial charge in [0.2, 0.25) is 0 Å². The van der Waals surface area contributed by atoms with Crippen LogP contribution in [0.1, 0.15) is 28.3 Å². The zero-order valence-electron chi connectivity index (χ0n) is 16.3. The second-order valence-electron chi connectivity index (χ2n) is 7.20. The lowest BCUT2D eigenvalue weighted by Gasteiger charge is -2.15. The first-order valence-electron chi connectivity index (χ1n) is 9.50. The van der Waals surface area contributed by atoms with E-state index in [0.717, 1.165) is 22.3 Å². The summed E-state index contributed by atoms with van der Waals surface area (Å²) in [6.07, 6.45) is -1.19. The maximum absolute atomic E-state index is 12.4. The van der Waals surface area contributed by atoms with Crippen molar-refractivity contribution in [3.8, 4) is 11.1 Å². The van der Waals surface area contributed by atoms with Crippen molar-refractivity contribution in [2.24, 2.45) is 0 Å². The molecule has 1 heterocycles. The molecular weight excluding hydrogens is 384 g/mol. The lowest BCUT2D eigenvalue weighted by molar-refractivity contribution is -0.136. The number of carboxylic acid groups (broad SMARTS) is 1. The van der Waals surface area contributed by atoms with Crippen molar-refractivity contribution in [1.82, 2.24) is 4.98 Å². The third-order valence-electron chi connectivity index (χ3n) is 5.16. The van der Waals surface area contributed by atoms with E-state index in [1.807, 2.05) is 48.5 Å². The van der Waals surface area contributed by atoms with Crippen molar-refractivity contribution in [2.75, 3.05) is 11.9 Å². The average Bonchev–Trinajstić information content (AvgIpc) is 3.02. The molecule has 0 spiro atoms. The number of aliphatic carboxylic acids is 1. The zero-order valence-corrected chi connectivity index (χ0v) is 16.3. The molecule has 7 nitrogen and oxygen atoms in total. The summed E-state index contributed by atoms with van der Waals surface area (Å²) in [6.45, 7) is 1.74. The summed E-state index contributed by atoms with van der Waals surface area (Å²) in [7, 11) is 0. The highest BCUT2D eigenvalue weighted by Gasteiger charge is 2.29. The second-order valence-corrected chi connectivity index (χ2v) is 7.20. The average molecular weight is 404 g/mol. The minimum atomic E-state index is -1.10. The molecule has 2 aromatic carbocycles. The first kappa shape index (κ1) is 19.4. The number of aromatic nitrogens is 1. The molecule has 1 aromatic heterocycles. The van der Waals surface area contributed by atoms with Crippen molar-refractivity contribution in [1.29, 1.82) is 0 Å². The van der Waals surface area contributed by atoms with E-state index in [0.29, 0.717) is 5.69 Å². The van der Waals surface area contributed by atoms with Crippen LogP contribution in [0.2, 0.25) is 0 Å². The Hall–Kier alpha value is -3.87. The summed E-state index contributed by atoms with van der Waals surface area (Å²) in [4.78, 5) is 38.4. The summed E-state index contributed by atoms with van der Waals surface area (Å²) in [5.41, 5.74) is 4.42. The van der Waals surface area contributed by atoms with Gasteiger partial charge in [-0.1, -0.05) is 48.5 Å². The summed E-state index contributed by atoms with van der Waals surface area (Å²) >= 11 is 0. The summed E-state index contributed by atoms with van der Waals surface area (Å²) in [5.74, 6) is -1.21. The van der Waals surface area contributed by atoms with Crippen LogP contribution >= 0.6 is 0 Å². The number of benzene rings is 2. The first-order valence-corrected chi connectivity index (χ1v) is 9.50. The number of hydrogen-bond donors (Lipinski definition) is 3. The van der Waals surface area contributed by atoms with E-state index in [1.165, 1.54) is 6.07 Å². The topological polar surface area (TPSA) is 108 Å². The Balaban J connectivity index is 1.53. The predicted octanol–water partition coefficient (Wildman–Crippen LogP) is 3.67. The molecule has 7 heteroatoms. The van der Waals surface area contributed by atoms with E-state index in [4.69, 9.17) is 9.84 Å². The molecule has 4 rings (SSSR count). The van der Waals surface area contributed by atoms with Gasteiger partial charge >= 0.3 is 12.1 Å². The first-order chi connectivity index (χ1) is 14.4. The van der Waals surface area contributed by atoms with Crippen molar-refractivity contribution in [2.45, 2.75) is 19.3 Å². The minimum Gasteiger partial charge on any atom is -0.481 e. The SMILES string of the molecule is Cc1cc(CC(=O)O)c(NC(=O)OCC2c3ccccc3-c3ccccc32)c(=O)[nH]1. The van der Waals surface area contributed by atoms with E-state index < -0.39 is 17.6 Å². The lowest BCUT2D eigenvalue weighted by atomic mass is 9.98. The number of aryl methyl sites for hydroxylation is 1. The maximum Gasteiger partial charge on any atom is 0.411 e. The third-order valence-corrected chi connectivity index (χ3v) is 5.16. The van der Waals surface area contributed by atoms with Crippen LogP contribution in [0.25, 0.3) is 11.1 Å². The van der Waals surface area contributed by atoms with E-state index in [-0.39, 0.29) is 30.2 Å². The number of carbonyl (C=O) groups excluding carboxylic acids is 1. The van der Waals surface area contributed by atoms with Crippen molar-refractivity contribution in [3.63, 3.8) is 0 Å². The monoisotopic (exact) mass is 404 g/mol. The van der Waals surface area contributed by atoms with Crippen LogP contribution in [-0.4, -0.2) is 28.8 Å². The minimum absolute atomic E-state index is 0.0951. The van der Waals surface area contributed by atoms with E-state index >= 15 is 0 Å². The fourth-order valence-corrected chi connectivity index (χ4v) is 3.93. The molecule has 1 aliphatic carbocycles. The number of fused-ring (bicyclic) bond motifs is 3. The molecule has 1 aliphatic rings. The number of pyridine rings is 1. The number of rotatable bonds is 5. The lowest BCUT2D eigenvalue weighted by Crippen LogP contribution is -2.25. The molecule has 0 atom stereocenters. The molecular formula is C23H20N2O5. The van der Waals surface area contributed by atoms with Gasteiger partial charge in [0.05, 0.1) is 6.42 Å². The number of anilines is 1. The number of ether oxygens (including phenoxy) is 1. The van der Waals surface area contributed by atoms with Crippen molar-refractivity contribution in [3.05, 3.63) is 87.3 Å². The van der Waals surface area contributed by atoms with E-state index in [9.17, 15) is 14.4 Å². The van der Waals surface area contributed by atoms with Gasteiger partial charge in [0.15, 0.2) is 0 Å². The molecule has 0 radical (unpaired) electrons. The van der Waals surface area contributed by atoms with Gasteiger partial charge in [-0.3, -0.25) is 14.9 Å². The van der Waals surface area contributed by atoms with Gasteiger partial charge in [0, 0.05) is 11.6 Å². The van der Waals surface area contributed by atoms with Crippen LogP contribution in [0.5, 0.6) is 0 Å². The van der Waals surface area contributed by atoms with E-state index in [1.54, 1.807) is 6.92 Å². The normalized spacial score (nSPS) is 12.2. The largest absolute Gasteiger partial charge is 0.481 e. The molecule has 1 amide bonds. The summed E-state index contributed by atoms with van der Waals surface area (Å²) in [6, 6.07) is 17.5. The summed E-state index contributed by atoms with van der Waals surface area (Å²) < 4.78 is 5.44. The molecule has 0 unspecified atom stereocenters. The van der Waals surface area contributed by atoms with Crippen LogP contribution in [0.4, 0.5) is 10.5 Å². The Morgan fingerprint density at radius 1 is 1.07 bits per heavy atom. The van der Waals surface area contributed by atoms with Crippen molar-refractivity contribution >= 4 is 17.7 Å². The van der Waals surface area contributed by atoms with Gasteiger partial charge in [-0.15, -0.1) is 0 Å². The highest BCUT2D eigenvalue weighted by atomic mass is 16.5. The maximum atomic E-state index is 12.4. The van der Waals surface area contributed by atoms with Gasteiger partial charge in [-0.25, -0.2) is 4.79 Å². The highest BCUT2D eigenvalue weighted by Crippen LogP contribution is 2.44. The highest BCUT2D eigenvalue weighted by molar-refractivity contribution is 5.87. The second kappa shape index (κ2) is 7.87. The van der Waals surface area contributed by atoms with Crippen LogP contribution in [0, 0.1) is 6.92 Å². The molecule has 0 fully saturated rings. The summed E-state index contributed by atoms with van der Waals surface area (Å²) in [5, 5.41) is 11.5. The molecule has 3 aromatic rings. The molecule has 0 saturated carbocycles. The number of nitrogens with one attached hydrogen (secondary N) is 2. The Bertz CT molecular complexity index is 1150. The Labute approximate surface area is 172 Å². The van der Waals surface area contributed by atoms with Crippen LogP contribution in [-0.2, 0) is 16.0 Å². The molecule has 0 aliphatic heterocycles. The van der Waals surface area contributed by atoms with Gasteiger partial charge < -0.3 is 14.8 Å². The number of H-pyrrole nitrogens is 1. The zero-order chi connectivity index (χ0) is 21.3. The Kier molecular flexibility index (Phi) is 5.10. The number of hydrogen-bond acceptors (Lipinski definition) is 4. The van der Waals surface area contributed by atoms with Crippen LogP contribution < -0.4 is 10.9 Å². The quantitative estimate of drug-likeness (QED) is 0.601. The fraction of sp³-hybridized carbons (Fsp3) is 0.174. The van der Waals surface area contributed by atoms with Gasteiger partial charge in [-0.2, -0.15) is 0 Å². The third kappa shape index (κ3) is 3.69. The van der Waals surface area contributed by atoms with Crippen molar-refractivity contribution < 1.29 is 19.4 Å². The number of amides is 1. The predicted molar refractivity (Wildman–Crippen MR) is 112 cm³/mol. The van der Waals surface area contributed by atoms with Crippen LogP contribution in [0.3, 0.4) is 0 Å². The Morgan fingerprint density at radius 2 is 1.67 bits per heavy atom. The smallest absolute Gasteiger partial charge is 0.411 e. The standard InChI is InChI=1S/C23H20N2O5/c1-13-10-14(11-20(26)27)21(22(28)24-13)25-23(29)30-12-19-17-8-4-2-6-15(17)16-7-3-5-9-18(16)19/h2-10,19H,11-12H2,1H3,(H,24,28)(H,25,29)(H,26,27).